The van der Waals surface area contributed by atoms with E-state index in [2.05, 4.69) is 0 Å². The van der Waals surface area contributed by atoms with Gasteiger partial charge in [-0.25, -0.2) is 0 Å². The molecule has 0 heterocycles. The molecule has 4 nitrogen and oxygen atoms in total. The molecule has 0 aliphatic carbocycles. The Morgan fingerprint density at radius 1 is 1.20 bits per heavy atom. The topological polar surface area (TPSA) is 57.6 Å². The predicted molar refractivity (Wildman–Crippen MR) is 78.5 cm³/mol. The SMILES string of the molecule is CC(=O)C(C)N(Cc1ccc(C)cc1)CC(C)C(=O)O. The molecule has 4 heteroatoms. The Labute approximate surface area is 120 Å². The zero-order valence-electron chi connectivity index (χ0n) is 12.6. The molecule has 0 radical (unpaired) electrons. The standard InChI is InChI=1S/C16H23NO3/c1-11-5-7-15(8-6-11)10-17(13(3)14(4)18)9-12(2)16(19)20/h5-8,12-13H,9-10H2,1-4H3,(H,19,20). The second-order valence-corrected chi connectivity index (χ2v) is 5.44. The molecule has 0 fully saturated rings. The summed E-state index contributed by atoms with van der Waals surface area (Å²) in [5, 5.41) is 9.04. The van der Waals surface area contributed by atoms with Crippen LogP contribution in [0.25, 0.3) is 0 Å². The maximum absolute atomic E-state index is 11.6. The molecule has 20 heavy (non-hydrogen) atoms. The molecule has 0 saturated carbocycles. The number of carbonyl (C=O) groups excluding carboxylic acids is 1. The van der Waals surface area contributed by atoms with E-state index in [1.807, 2.05) is 43.0 Å². The van der Waals surface area contributed by atoms with Crippen molar-refractivity contribution < 1.29 is 14.7 Å². The van der Waals surface area contributed by atoms with E-state index in [1.165, 1.54) is 12.5 Å². The van der Waals surface area contributed by atoms with Crippen LogP contribution in [0.4, 0.5) is 0 Å². The van der Waals surface area contributed by atoms with Crippen molar-refractivity contribution in [1.82, 2.24) is 4.90 Å². The Balaban J connectivity index is 2.84. The molecule has 1 N–H and O–H groups in total. The van der Waals surface area contributed by atoms with Gasteiger partial charge in [0.05, 0.1) is 12.0 Å². The second-order valence-electron chi connectivity index (χ2n) is 5.44. The molecule has 0 bridgehead atoms. The maximum atomic E-state index is 11.6. The molecule has 0 amide bonds. The van der Waals surface area contributed by atoms with Gasteiger partial charge in [-0.3, -0.25) is 14.5 Å². The van der Waals surface area contributed by atoms with E-state index in [4.69, 9.17) is 5.11 Å². The Morgan fingerprint density at radius 2 is 1.75 bits per heavy atom. The van der Waals surface area contributed by atoms with Crippen LogP contribution in [0.3, 0.4) is 0 Å². The van der Waals surface area contributed by atoms with Gasteiger partial charge in [-0.05, 0) is 26.3 Å². The van der Waals surface area contributed by atoms with Gasteiger partial charge in [0.15, 0.2) is 0 Å². The van der Waals surface area contributed by atoms with Crippen LogP contribution in [0.1, 0.15) is 31.9 Å². The summed E-state index contributed by atoms with van der Waals surface area (Å²) in [5.41, 5.74) is 2.26. The lowest BCUT2D eigenvalue weighted by Gasteiger charge is -2.29. The summed E-state index contributed by atoms with van der Waals surface area (Å²) < 4.78 is 0. The molecule has 0 saturated heterocycles. The molecule has 0 aliphatic rings. The molecule has 110 valence electrons. The Bertz CT molecular complexity index is 467. The van der Waals surface area contributed by atoms with E-state index < -0.39 is 11.9 Å². The first kappa shape index (κ1) is 16.4. The fourth-order valence-corrected chi connectivity index (χ4v) is 1.97. The van der Waals surface area contributed by atoms with Crippen LogP contribution >= 0.6 is 0 Å². The highest BCUT2D eigenvalue weighted by Crippen LogP contribution is 2.13. The highest BCUT2D eigenvalue weighted by Gasteiger charge is 2.23. The van der Waals surface area contributed by atoms with Crippen molar-refractivity contribution in [2.45, 2.75) is 40.3 Å². The maximum Gasteiger partial charge on any atom is 0.307 e. The quantitative estimate of drug-likeness (QED) is 0.832. The largest absolute Gasteiger partial charge is 0.481 e. The van der Waals surface area contributed by atoms with Crippen LogP contribution in [0.5, 0.6) is 0 Å². The fraction of sp³-hybridized carbons (Fsp3) is 0.500. The van der Waals surface area contributed by atoms with E-state index in [0.717, 1.165) is 5.56 Å². The highest BCUT2D eigenvalue weighted by molar-refractivity contribution is 5.81. The monoisotopic (exact) mass is 277 g/mol. The van der Waals surface area contributed by atoms with Gasteiger partial charge in [0.25, 0.3) is 0 Å². The first-order valence-corrected chi connectivity index (χ1v) is 6.84. The van der Waals surface area contributed by atoms with Crippen molar-refractivity contribution in [3.05, 3.63) is 35.4 Å². The normalized spacial score (nSPS) is 14.1. The van der Waals surface area contributed by atoms with Crippen molar-refractivity contribution in [1.29, 1.82) is 0 Å². The Morgan fingerprint density at radius 3 is 2.20 bits per heavy atom. The summed E-state index contributed by atoms with van der Waals surface area (Å²) in [7, 11) is 0. The number of carbonyl (C=O) groups is 2. The number of aryl methyl sites for hydroxylation is 1. The average Bonchev–Trinajstić information content (AvgIpc) is 2.39. The third-order valence-corrected chi connectivity index (χ3v) is 3.57. The second kappa shape index (κ2) is 7.20. The number of Topliss-reactive ketones (excluding diaryl/α,β-unsaturated/α-hetero) is 1. The van der Waals surface area contributed by atoms with Crippen molar-refractivity contribution in [2.24, 2.45) is 5.92 Å². The van der Waals surface area contributed by atoms with Crippen LogP contribution < -0.4 is 0 Å². The van der Waals surface area contributed by atoms with Gasteiger partial charge in [-0.1, -0.05) is 36.8 Å². The molecule has 2 unspecified atom stereocenters. The molecular formula is C16H23NO3. The van der Waals surface area contributed by atoms with Crippen molar-refractivity contribution in [2.75, 3.05) is 6.54 Å². The van der Waals surface area contributed by atoms with Crippen molar-refractivity contribution in [3.63, 3.8) is 0 Å². The summed E-state index contributed by atoms with van der Waals surface area (Å²) in [6, 6.07) is 7.79. The number of ketones is 1. The third kappa shape index (κ3) is 4.78. The predicted octanol–water partition coefficient (Wildman–Crippen LogP) is 2.50. The molecule has 0 aliphatic heterocycles. The highest BCUT2D eigenvalue weighted by atomic mass is 16.4. The fourth-order valence-electron chi connectivity index (χ4n) is 1.97. The van der Waals surface area contributed by atoms with Crippen LogP contribution in [0.15, 0.2) is 24.3 Å². The van der Waals surface area contributed by atoms with Crippen molar-refractivity contribution in [3.8, 4) is 0 Å². The first-order chi connectivity index (χ1) is 9.31. The molecule has 1 aromatic rings. The Kier molecular flexibility index (Phi) is 5.89. The van der Waals surface area contributed by atoms with Gasteiger partial charge in [-0.15, -0.1) is 0 Å². The van der Waals surface area contributed by atoms with E-state index in [9.17, 15) is 9.59 Å². The van der Waals surface area contributed by atoms with Crippen LogP contribution in [0.2, 0.25) is 0 Å². The lowest BCUT2D eigenvalue weighted by molar-refractivity contribution is -0.142. The molecule has 0 spiro atoms. The zero-order chi connectivity index (χ0) is 15.3. The van der Waals surface area contributed by atoms with Gasteiger partial charge in [0.1, 0.15) is 5.78 Å². The van der Waals surface area contributed by atoms with E-state index >= 15 is 0 Å². The number of nitrogens with zero attached hydrogens (tertiary/aromatic N) is 1. The summed E-state index contributed by atoms with van der Waals surface area (Å²) in [6.45, 7) is 8.00. The van der Waals surface area contributed by atoms with E-state index in [-0.39, 0.29) is 11.8 Å². The average molecular weight is 277 g/mol. The number of aliphatic carboxylic acids is 1. The summed E-state index contributed by atoms with van der Waals surface area (Å²) in [6.07, 6.45) is 0. The molecule has 0 aromatic heterocycles. The Hall–Kier alpha value is -1.68. The number of carboxylic acids is 1. The minimum atomic E-state index is -0.838. The molecule has 1 rings (SSSR count). The van der Waals surface area contributed by atoms with Gasteiger partial charge >= 0.3 is 5.97 Å². The molecular weight excluding hydrogens is 254 g/mol. The van der Waals surface area contributed by atoms with Gasteiger partial charge < -0.3 is 5.11 Å². The first-order valence-electron chi connectivity index (χ1n) is 6.84. The van der Waals surface area contributed by atoms with E-state index in [0.29, 0.717) is 13.1 Å². The minimum Gasteiger partial charge on any atom is -0.481 e. The van der Waals surface area contributed by atoms with Gasteiger partial charge in [-0.2, -0.15) is 0 Å². The van der Waals surface area contributed by atoms with Crippen LogP contribution in [-0.2, 0) is 16.1 Å². The number of benzene rings is 1. The van der Waals surface area contributed by atoms with Crippen LogP contribution in [0, 0.1) is 12.8 Å². The number of carboxylic acid groups (broad SMARTS) is 1. The zero-order valence-corrected chi connectivity index (χ0v) is 12.6. The lowest BCUT2D eigenvalue weighted by Crippen LogP contribution is -2.41. The number of hydrogen-bond acceptors (Lipinski definition) is 3. The van der Waals surface area contributed by atoms with Crippen molar-refractivity contribution >= 4 is 11.8 Å². The summed E-state index contributed by atoms with van der Waals surface area (Å²) in [5.74, 6) is -1.29. The van der Waals surface area contributed by atoms with Gasteiger partial charge in [0, 0.05) is 13.1 Å². The van der Waals surface area contributed by atoms with Crippen LogP contribution in [-0.4, -0.2) is 34.3 Å². The number of hydrogen-bond donors (Lipinski definition) is 1. The van der Waals surface area contributed by atoms with E-state index in [1.54, 1.807) is 6.92 Å². The smallest absolute Gasteiger partial charge is 0.307 e. The summed E-state index contributed by atoms with van der Waals surface area (Å²) >= 11 is 0. The number of rotatable bonds is 7. The third-order valence-electron chi connectivity index (χ3n) is 3.57. The lowest BCUT2D eigenvalue weighted by atomic mass is 10.1. The molecule has 1 aromatic carbocycles. The minimum absolute atomic E-state index is 0.0506. The summed E-state index contributed by atoms with van der Waals surface area (Å²) in [4.78, 5) is 24.5. The molecule has 2 atom stereocenters. The van der Waals surface area contributed by atoms with Gasteiger partial charge in [0.2, 0.25) is 0 Å².